The summed E-state index contributed by atoms with van der Waals surface area (Å²) in [6.07, 6.45) is 2.37. The number of hydrogen-bond acceptors (Lipinski definition) is 3. The van der Waals surface area contributed by atoms with Crippen LogP contribution < -0.4 is 0 Å². The molecule has 0 aliphatic heterocycles. The highest BCUT2D eigenvalue weighted by atomic mass is 16.5. The number of benzene rings is 1. The van der Waals surface area contributed by atoms with Crippen LogP contribution in [0, 0.1) is 6.92 Å². The van der Waals surface area contributed by atoms with E-state index >= 15 is 0 Å². The Morgan fingerprint density at radius 2 is 2.00 bits per heavy atom. The van der Waals surface area contributed by atoms with E-state index in [4.69, 9.17) is 4.74 Å². The topological polar surface area (TPSA) is 43.4 Å². The average Bonchev–Trinajstić information content (AvgIpc) is 2.64. The Morgan fingerprint density at radius 1 is 1.33 bits per heavy atom. The monoisotopic (exact) mass is 244 g/mol. The molecule has 0 N–H and O–H groups in total. The second kappa shape index (κ2) is 5.17. The number of carbonyl (C=O) groups excluding carboxylic acids is 2. The molecular weight excluding hydrogens is 228 g/mol. The minimum absolute atomic E-state index is 0.0641. The fourth-order valence-corrected chi connectivity index (χ4v) is 2.05. The zero-order valence-electron chi connectivity index (χ0n) is 10.6. The number of ketones is 1. The van der Waals surface area contributed by atoms with Crippen molar-refractivity contribution in [1.82, 2.24) is 0 Å². The van der Waals surface area contributed by atoms with Crippen molar-refractivity contribution in [2.24, 2.45) is 0 Å². The van der Waals surface area contributed by atoms with E-state index in [1.54, 1.807) is 0 Å². The minimum atomic E-state index is -0.608. The Kier molecular flexibility index (Phi) is 3.60. The molecule has 0 saturated carbocycles. The zero-order valence-corrected chi connectivity index (χ0v) is 10.6. The Hall–Kier alpha value is -1.90. The maximum absolute atomic E-state index is 12.0. The smallest absolute Gasteiger partial charge is 0.303 e. The van der Waals surface area contributed by atoms with E-state index in [-0.39, 0.29) is 5.78 Å². The van der Waals surface area contributed by atoms with Crippen molar-refractivity contribution in [2.45, 2.75) is 32.8 Å². The van der Waals surface area contributed by atoms with Gasteiger partial charge in [-0.1, -0.05) is 35.9 Å². The van der Waals surface area contributed by atoms with Gasteiger partial charge in [-0.3, -0.25) is 9.59 Å². The van der Waals surface area contributed by atoms with Crippen molar-refractivity contribution in [3.05, 3.63) is 47.0 Å². The predicted molar refractivity (Wildman–Crippen MR) is 68.1 cm³/mol. The predicted octanol–water partition coefficient (Wildman–Crippen LogP) is 2.37. The van der Waals surface area contributed by atoms with Crippen LogP contribution >= 0.6 is 0 Å². The lowest BCUT2D eigenvalue weighted by molar-refractivity contribution is -0.150. The Bertz CT molecular complexity index is 497. The molecule has 1 aliphatic rings. The highest BCUT2D eigenvalue weighted by Crippen LogP contribution is 2.21. The van der Waals surface area contributed by atoms with Crippen LogP contribution in [0.25, 0.3) is 0 Å². The van der Waals surface area contributed by atoms with E-state index < -0.39 is 12.1 Å². The van der Waals surface area contributed by atoms with Crippen LogP contribution in [0.1, 0.15) is 24.5 Å². The molecule has 3 heteroatoms. The van der Waals surface area contributed by atoms with E-state index in [0.29, 0.717) is 12.8 Å². The van der Waals surface area contributed by atoms with Gasteiger partial charge in [0.2, 0.25) is 0 Å². The maximum Gasteiger partial charge on any atom is 0.303 e. The fraction of sp³-hybridized carbons (Fsp3) is 0.333. The van der Waals surface area contributed by atoms with Gasteiger partial charge in [-0.2, -0.15) is 0 Å². The summed E-state index contributed by atoms with van der Waals surface area (Å²) in [4.78, 5) is 22.8. The highest BCUT2D eigenvalue weighted by molar-refractivity contribution is 6.02. The van der Waals surface area contributed by atoms with E-state index in [1.807, 2.05) is 37.3 Å². The van der Waals surface area contributed by atoms with Crippen LogP contribution in [-0.2, 0) is 20.7 Å². The van der Waals surface area contributed by atoms with Crippen molar-refractivity contribution in [3.63, 3.8) is 0 Å². The molecule has 0 heterocycles. The first-order valence-electron chi connectivity index (χ1n) is 6.02. The summed E-state index contributed by atoms with van der Waals surface area (Å²) in [6, 6.07) is 8.09. The van der Waals surface area contributed by atoms with Crippen LogP contribution in [0.5, 0.6) is 0 Å². The minimum Gasteiger partial charge on any atom is -0.454 e. The maximum atomic E-state index is 12.0. The molecule has 1 atom stereocenters. The number of carbonyl (C=O) groups is 2. The molecule has 94 valence electrons. The second-order valence-corrected chi connectivity index (χ2v) is 4.59. The summed E-state index contributed by atoms with van der Waals surface area (Å²) in [6.45, 7) is 3.35. The largest absolute Gasteiger partial charge is 0.454 e. The van der Waals surface area contributed by atoms with Crippen molar-refractivity contribution in [2.75, 3.05) is 0 Å². The van der Waals surface area contributed by atoms with Crippen molar-refractivity contribution < 1.29 is 14.3 Å². The molecule has 2 rings (SSSR count). The van der Waals surface area contributed by atoms with Gasteiger partial charge >= 0.3 is 5.97 Å². The van der Waals surface area contributed by atoms with E-state index in [2.05, 4.69) is 0 Å². The number of rotatable bonds is 3. The zero-order chi connectivity index (χ0) is 13.1. The molecular formula is C15H16O3. The molecule has 1 aromatic carbocycles. The SMILES string of the molecule is CC(=O)OC1CC=C(Cc2ccc(C)cc2)C1=O. The molecule has 1 unspecified atom stereocenters. The molecule has 3 nitrogen and oxygen atoms in total. The van der Waals surface area contributed by atoms with Crippen LogP contribution in [-0.4, -0.2) is 17.9 Å². The summed E-state index contributed by atoms with van der Waals surface area (Å²) in [5.41, 5.74) is 3.04. The normalized spacial score (nSPS) is 18.7. The third-order valence-corrected chi connectivity index (χ3v) is 3.01. The number of aryl methyl sites for hydroxylation is 1. The summed E-state index contributed by atoms with van der Waals surface area (Å²) >= 11 is 0. The van der Waals surface area contributed by atoms with E-state index in [0.717, 1.165) is 11.1 Å². The van der Waals surface area contributed by atoms with Gasteiger partial charge in [0, 0.05) is 19.8 Å². The summed E-state index contributed by atoms with van der Waals surface area (Å²) in [5.74, 6) is -0.468. The molecule has 1 aliphatic carbocycles. The Balaban J connectivity index is 2.01. The number of ether oxygens (including phenoxy) is 1. The van der Waals surface area contributed by atoms with Crippen molar-refractivity contribution in [3.8, 4) is 0 Å². The fourth-order valence-electron chi connectivity index (χ4n) is 2.05. The average molecular weight is 244 g/mol. The lowest BCUT2D eigenvalue weighted by Gasteiger charge is -2.09. The van der Waals surface area contributed by atoms with Crippen LogP contribution in [0.3, 0.4) is 0 Å². The lowest BCUT2D eigenvalue weighted by atomic mass is 10.0. The second-order valence-electron chi connectivity index (χ2n) is 4.59. The third-order valence-electron chi connectivity index (χ3n) is 3.01. The van der Waals surface area contributed by atoms with Gasteiger partial charge in [0.15, 0.2) is 11.9 Å². The van der Waals surface area contributed by atoms with Crippen molar-refractivity contribution >= 4 is 11.8 Å². The summed E-state index contributed by atoms with van der Waals surface area (Å²) < 4.78 is 4.97. The van der Waals surface area contributed by atoms with Gasteiger partial charge in [0.25, 0.3) is 0 Å². The third kappa shape index (κ3) is 2.86. The van der Waals surface area contributed by atoms with Gasteiger partial charge < -0.3 is 4.74 Å². The number of hydrogen-bond donors (Lipinski definition) is 0. The van der Waals surface area contributed by atoms with Crippen LogP contribution in [0.2, 0.25) is 0 Å². The standard InChI is InChI=1S/C15H16O3/c1-10-3-5-12(6-4-10)9-13-7-8-14(15(13)17)18-11(2)16/h3-7,14H,8-9H2,1-2H3. The van der Waals surface area contributed by atoms with Gasteiger partial charge in [0.05, 0.1) is 0 Å². The first-order chi connectivity index (χ1) is 8.56. The lowest BCUT2D eigenvalue weighted by Crippen LogP contribution is -2.23. The molecule has 1 aromatic rings. The molecule has 0 bridgehead atoms. The quantitative estimate of drug-likeness (QED) is 0.767. The Morgan fingerprint density at radius 3 is 2.61 bits per heavy atom. The first-order valence-corrected chi connectivity index (χ1v) is 6.02. The Labute approximate surface area is 106 Å². The summed E-state index contributed by atoms with van der Waals surface area (Å²) in [7, 11) is 0. The van der Waals surface area contributed by atoms with Gasteiger partial charge in [-0.25, -0.2) is 0 Å². The summed E-state index contributed by atoms with van der Waals surface area (Å²) in [5, 5.41) is 0. The molecule has 0 saturated heterocycles. The number of Topliss-reactive ketones (excluding diaryl/α,β-unsaturated/α-hetero) is 1. The van der Waals surface area contributed by atoms with Crippen LogP contribution in [0.4, 0.5) is 0 Å². The van der Waals surface area contributed by atoms with E-state index in [1.165, 1.54) is 12.5 Å². The first kappa shape index (κ1) is 12.6. The molecule has 18 heavy (non-hydrogen) atoms. The highest BCUT2D eigenvalue weighted by Gasteiger charge is 2.29. The van der Waals surface area contributed by atoms with Gasteiger partial charge in [0.1, 0.15) is 0 Å². The van der Waals surface area contributed by atoms with Crippen molar-refractivity contribution in [1.29, 1.82) is 0 Å². The van der Waals surface area contributed by atoms with Gasteiger partial charge in [-0.15, -0.1) is 0 Å². The van der Waals surface area contributed by atoms with Gasteiger partial charge in [-0.05, 0) is 18.1 Å². The number of esters is 1. The molecule has 0 radical (unpaired) electrons. The van der Waals surface area contributed by atoms with Crippen LogP contribution in [0.15, 0.2) is 35.9 Å². The molecule has 0 amide bonds. The molecule has 0 spiro atoms. The molecule has 0 aromatic heterocycles. The molecule has 0 fully saturated rings. The van der Waals surface area contributed by atoms with E-state index in [9.17, 15) is 9.59 Å².